The predicted octanol–water partition coefficient (Wildman–Crippen LogP) is 3.88. The lowest BCUT2D eigenvalue weighted by atomic mass is 10.1. The second kappa shape index (κ2) is 8.01. The van der Waals surface area contributed by atoms with Crippen LogP contribution in [-0.4, -0.2) is 19.0 Å². The van der Waals surface area contributed by atoms with Crippen molar-refractivity contribution in [1.82, 2.24) is 10.6 Å². The lowest BCUT2D eigenvalue weighted by molar-refractivity contribution is 0.501. The van der Waals surface area contributed by atoms with E-state index in [0.717, 1.165) is 18.1 Å². The lowest BCUT2D eigenvalue weighted by Crippen LogP contribution is -2.38. The van der Waals surface area contributed by atoms with Gasteiger partial charge in [0.05, 0.1) is 12.8 Å². The molecule has 0 bridgehead atoms. The van der Waals surface area contributed by atoms with Crippen molar-refractivity contribution in [1.29, 1.82) is 0 Å². The lowest BCUT2D eigenvalue weighted by Gasteiger charge is -2.11. The van der Waals surface area contributed by atoms with E-state index < -0.39 is 0 Å². The molecule has 0 unspecified atom stereocenters. The molecule has 2 aromatic rings. The summed E-state index contributed by atoms with van der Waals surface area (Å²) < 4.78 is 6.48. The van der Waals surface area contributed by atoms with E-state index in [1.54, 1.807) is 13.3 Å². The molecule has 22 heavy (non-hydrogen) atoms. The first-order valence-electron chi connectivity index (χ1n) is 7.02. The van der Waals surface area contributed by atoms with Gasteiger partial charge in [0.25, 0.3) is 0 Å². The number of halogens is 2. The summed E-state index contributed by atoms with van der Waals surface area (Å²) in [7, 11) is 1.79. The third kappa shape index (κ3) is 4.25. The molecule has 2 N–H and O–H groups in total. The molecule has 0 spiro atoms. The quantitative estimate of drug-likeness (QED) is 0.400. The van der Waals surface area contributed by atoms with Crippen molar-refractivity contribution in [3.05, 3.63) is 58.5 Å². The zero-order chi connectivity index (χ0) is 14.7. The third-order valence-electron chi connectivity index (χ3n) is 3.65. The highest BCUT2D eigenvalue weighted by molar-refractivity contribution is 14.0. The van der Waals surface area contributed by atoms with Crippen LogP contribution in [0.15, 0.2) is 56.5 Å². The minimum atomic E-state index is 0. The van der Waals surface area contributed by atoms with Crippen molar-refractivity contribution in [3.63, 3.8) is 0 Å². The minimum Gasteiger partial charge on any atom is -0.467 e. The number of hydrogen-bond acceptors (Lipinski definition) is 2. The Morgan fingerprint density at radius 2 is 2.14 bits per heavy atom. The van der Waals surface area contributed by atoms with Gasteiger partial charge in [-0.05, 0) is 30.2 Å². The molecule has 1 fully saturated rings. The Kier molecular flexibility index (Phi) is 6.31. The van der Waals surface area contributed by atoms with Crippen LogP contribution in [0.1, 0.15) is 23.7 Å². The highest BCUT2D eigenvalue weighted by Crippen LogP contribution is 2.43. The van der Waals surface area contributed by atoms with Crippen molar-refractivity contribution < 1.29 is 4.42 Å². The van der Waals surface area contributed by atoms with E-state index in [2.05, 4.69) is 49.8 Å². The molecule has 0 radical (unpaired) electrons. The molecule has 0 aliphatic heterocycles. The van der Waals surface area contributed by atoms with Gasteiger partial charge in [-0.1, -0.05) is 34.1 Å². The van der Waals surface area contributed by atoms with Crippen LogP contribution in [0.5, 0.6) is 0 Å². The third-order valence-corrected chi connectivity index (χ3v) is 4.37. The van der Waals surface area contributed by atoms with Gasteiger partial charge in [-0.15, -0.1) is 24.0 Å². The predicted molar refractivity (Wildman–Crippen MR) is 103 cm³/mol. The Labute approximate surface area is 155 Å². The first kappa shape index (κ1) is 17.3. The van der Waals surface area contributed by atoms with Crippen LogP contribution in [-0.2, 0) is 6.54 Å². The fourth-order valence-corrected chi connectivity index (χ4v) is 3.01. The topological polar surface area (TPSA) is 49.6 Å². The highest BCUT2D eigenvalue weighted by atomic mass is 127. The van der Waals surface area contributed by atoms with E-state index in [9.17, 15) is 0 Å². The molecular formula is C16H19BrIN3O. The maximum Gasteiger partial charge on any atom is 0.191 e. The van der Waals surface area contributed by atoms with Crippen molar-refractivity contribution >= 4 is 45.9 Å². The van der Waals surface area contributed by atoms with Gasteiger partial charge < -0.3 is 15.1 Å². The molecule has 3 rings (SSSR count). The van der Waals surface area contributed by atoms with Gasteiger partial charge >= 0.3 is 0 Å². The fourth-order valence-electron chi connectivity index (χ4n) is 2.43. The Morgan fingerprint density at radius 1 is 1.32 bits per heavy atom. The number of guanidine groups is 1. The molecule has 6 heteroatoms. The SMILES string of the molecule is CN=C(NCc1ccco1)N[C@@H]1C[C@H]1c1ccccc1Br.I. The number of aliphatic imine (C=N–C) groups is 1. The van der Waals surface area contributed by atoms with E-state index in [1.165, 1.54) is 10.0 Å². The molecule has 1 aliphatic carbocycles. The number of furan rings is 1. The van der Waals surface area contributed by atoms with Crippen LogP contribution in [0, 0.1) is 0 Å². The van der Waals surface area contributed by atoms with Gasteiger partial charge in [0.15, 0.2) is 5.96 Å². The summed E-state index contributed by atoms with van der Waals surface area (Å²) in [5.41, 5.74) is 1.36. The van der Waals surface area contributed by atoms with Crippen LogP contribution in [0.4, 0.5) is 0 Å². The molecule has 1 aromatic carbocycles. The molecule has 2 atom stereocenters. The zero-order valence-corrected chi connectivity index (χ0v) is 16.2. The molecule has 0 saturated heterocycles. The summed E-state index contributed by atoms with van der Waals surface area (Å²) in [5, 5.41) is 6.72. The van der Waals surface area contributed by atoms with E-state index in [-0.39, 0.29) is 24.0 Å². The van der Waals surface area contributed by atoms with Crippen LogP contribution >= 0.6 is 39.9 Å². The van der Waals surface area contributed by atoms with Gasteiger partial charge in [-0.3, -0.25) is 4.99 Å². The molecule has 1 saturated carbocycles. The van der Waals surface area contributed by atoms with Crippen LogP contribution < -0.4 is 10.6 Å². The van der Waals surface area contributed by atoms with Crippen LogP contribution in [0.3, 0.4) is 0 Å². The van der Waals surface area contributed by atoms with E-state index in [1.807, 2.05) is 18.2 Å². The van der Waals surface area contributed by atoms with Crippen molar-refractivity contribution in [2.24, 2.45) is 4.99 Å². The van der Waals surface area contributed by atoms with Gasteiger partial charge in [0.1, 0.15) is 5.76 Å². The van der Waals surface area contributed by atoms with E-state index >= 15 is 0 Å². The minimum absolute atomic E-state index is 0. The summed E-state index contributed by atoms with van der Waals surface area (Å²) in [6.07, 6.45) is 2.81. The summed E-state index contributed by atoms with van der Waals surface area (Å²) in [4.78, 5) is 4.26. The number of hydrogen-bond donors (Lipinski definition) is 2. The smallest absolute Gasteiger partial charge is 0.191 e. The molecule has 1 aliphatic rings. The fraction of sp³-hybridized carbons (Fsp3) is 0.312. The average molecular weight is 476 g/mol. The van der Waals surface area contributed by atoms with Gasteiger partial charge in [-0.25, -0.2) is 0 Å². The molecule has 0 amide bonds. The second-order valence-electron chi connectivity index (χ2n) is 5.12. The number of nitrogens with zero attached hydrogens (tertiary/aromatic N) is 1. The summed E-state index contributed by atoms with van der Waals surface area (Å²) in [6, 6.07) is 12.7. The number of rotatable bonds is 4. The summed E-state index contributed by atoms with van der Waals surface area (Å²) in [5.74, 6) is 2.25. The van der Waals surface area contributed by atoms with Gasteiger partial charge in [0, 0.05) is 23.5 Å². The summed E-state index contributed by atoms with van der Waals surface area (Å²) in [6.45, 7) is 0.638. The van der Waals surface area contributed by atoms with Crippen molar-refractivity contribution in [2.75, 3.05) is 7.05 Å². The Balaban J connectivity index is 0.00000176. The first-order chi connectivity index (χ1) is 10.3. The monoisotopic (exact) mass is 475 g/mol. The average Bonchev–Trinajstić information content (AvgIpc) is 3.05. The molecule has 4 nitrogen and oxygen atoms in total. The summed E-state index contributed by atoms with van der Waals surface area (Å²) >= 11 is 3.62. The molecular weight excluding hydrogens is 457 g/mol. The second-order valence-corrected chi connectivity index (χ2v) is 5.97. The van der Waals surface area contributed by atoms with Crippen molar-refractivity contribution in [3.8, 4) is 0 Å². The standard InChI is InChI=1S/C16H18BrN3O.HI/c1-18-16(19-10-11-5-4-8-21-11)20-15-9-13(15)12-6-2-3-7-14(12)17;/h2-8,13,15H,9-10H2,1H3,(H2,18,19,20);1H/t13-,15+;/m0./s1. The van der Waals surface area contributed by atoms with Crippen LogP contribution in [0.25, 0.3) is 0 Å². The molecule has 1 heterocycles. The first-order valence-corrected chi connectivity index (χ1v) is 7.81. The maximum atomic E-state index is 5.30. The zero-order valence-electron chi connectivity index (χ0n) is 12.3. The molecule has 118 valence electrons. The van der Waals surface area contributed by atoms with E-state index in [4.69, 9.17) is 4.42 Å². The Hall–Kier alpha value is -1.02. The van der Waals surface area contributed by atoms with Crippen LogP contribution in [0.2, 0.25) is 0 Å². The highest BCUT2D eigenvalue weighted by Gasteiger charge is 2.39. The number of benzene rings is 1. The van der Waals surface area contributed by atoms with Gasteiger partial charge in [0.2, 0.25) is 0 Å². The Bertz CT molecular complexity index is 630. The largest absolute Gasteiger partial charge is 0.467 e. The van der Waals surface area contributed by atoms with E-state index in [0.29, 0.717) is 18.5 Å². The number of nitrogens with one attached hydrogen (secondary N) is 2. The molecule has 1 aromatic heterocycles. The Morgan fingerprint density at radius 3 is 2.82 bits per heavy atom. The normalized spacial score (nSPS) is 20.2. The van der Waals surface area contributed by atoms with Gasteiger partial charge in [-0.2, -0.15) is 0 Å². The van der Waals surface area contributed by atoms with Crippen molar-refractivity contribution in [2.45, 2.75) is 24.9 Å². The maximum absolute atomic E-state index is 5.30.